The van der Waals surface area contributed by atoms with Crippen LogP contribution < -0.4 is 10.6 Å². The van der Waals surface area contributed by atoms with Crippen LogP contribution in [0.4, 0.5) is 10.5 Å². The van der Waals surface area contributed by atoms with Gasteiger partial charge in [-0.3, -0.25) is 9.69 Å². The number of nitrogens with zero attached hydrogens (tertiary/aromatic N) is 1. The highest BCUT2D eigenvalue weighted by Crippen LogP contribution is 2.32. The standard InChI is InChI=1S/C26H31N3O4/c1-4-17-29-18(3)23(25(31)33-5-2)24(28-26(29)32)20-12-14-21(15-13-20)27-22(30)16-11-19-9-7-6-8-10-19/h6-10,12-15,24H,4-5,11,16-17H2,1-3H3,(H,27,30)(H,28,32). The van der Waals surface area contributed by atoms with E-state index in [9.17, 15) is 14.4 Å². The third-order valence-corrected chi connectivity index (χ3v) is 5.55. The minimum atomic E-state index is -0.618. The van der Waals surface area contributed by atoms with Crippen LogP contribution in [0.5, 0.6) is 0 Å². The van der Waals surface area contributed by atoms with Gasteiger partial charge in [0.2, 0.25) is 5.91 Å². The van der Waals surface area contributed by atoms with Crippen LogP contribution in [0, 0.1) is 0 Å². The van der Waals surface area contributed by atoms with Gasteiger partial charge in [0.15, 0.2) is 0 Å². The van der Waals surface area contributed by atoms with E-state index in [0.29, 0.717) is 36.3 Å². The number of esters is 1. The average molecular weight is 450 g/mol. The van der Waals surface area contributed by atoms with Crippen molar-refractivity contribution in [3.8, 4) is 0 Å². The molecule has 0 saturated heterocycles. The molecule has 2 aromatic rings. The van der Waals surface area contributed by atoms with E-state index in [2.05, 4.69) is 10.6 Å². The Labute approximate surface area is 194 Å². The van der Waals surface area contributed by atoms with E-state index in [1.165, 1.54) is 0 Å². The van der Waals surface area contributed by atoms with Gasteiger partial charge in [-0.1, -0.05) is 49.4 Å². The highest BCUT2D eigenvalue weighted by Gasteiger charge is 2.36. The molecule has 3 amide bonds. The molecule has 1 unspecified atom stereocenters. The first kappa shape index (κ1) is 24.0. The molecule has 0 bridgehead atoms. The van der Waals surface area contributed by atoms with Crippen LogP contribution in [-0.2, 0) is 20.7 Å². The number of rotatable bonds is 9. The molecular formula is C26H31N3O4. The number of amides is 3. The molecule has 0 aromatic heterocycles. The van der Waals surface area contributed by atoms with Gasteiger partial charge in [-0.15, -0.1) is 0 Å². The summed E-state index contributed by atoms with van der Waals surface area (Å²) in [5, 5.41) is 5.83. The fraction of sp³-hybridized carbons (Fsp3) is 0.346. The van der Waals surface area contributed by atoms with Gasteiger partial charge >= 0.3 is 12.0 Å². The van der Waals surface area contributed by atoms with Gasteiger partial charge in [0, 0.05) is 24.4 Å². The number of carbonyl (C=O) groups excluding carboxylic acids is 3. The van der Waals surface area contributed by atoms with Crippen LogP contribution >= 0.6 is 0 Å². The topological polar surface area (TPSA) is 87.7 Å². The molecule has 7 heteroatoms. The molecule has 1 aliphatic heterocycles. The number of nitrogens with one attached hydrogen (secondary N) is 2. The van der Waals surface area contributed by atoms with Gasteiger partial charge in [-0.05, 0) is 49.9 Å². The zero-order valence-corrected chi connectivity index (χ0v) is 19.4. The van der Waals surface area contributed by atoms with E-state index in [-0.39, 0.29) is 18.5 Å². The van der Waals surface area contributed by atoms with Crippen LogP contribution in [0.25, 0.3) is 0 Å². The van der Waals surface area contributed by atoms with Crippen molar-refractivity contribution in [3.05, 3.63) is 77.0 Å². The van der Waals surface area contributed by atoms with Crippen molar-refractivity contribution in [3.63, 3.8) is 0 Å². The lowest BCUT2D eigenvalue weighted by Gasteiger charge is -2.35. The number of hydrogen-bond acceptors (Lipinski definition) is 4. The second-order valence-corrected chi connectivity index (χ2v) is 7.91. The number of benzene rings is 2. The summed E-state index contributed by atoms with van der Waals surface area (Å²) in [5.74, 6) is -0.518. The van der Waals surface area contributed by atoms with E-state index in [4.69, 9.17) is 4.74 Å². The van der Waals surface area contributed by atoms with Gasteiger partial charge in [0.1, 0.15) is 0 Å². The monoisotopic (exact) mass is 449 g/mol. The molecule has 7 nitrogen and oxygen atoms in total. The summed E-state index contributed by atoms with van der Waals surface area (Å²) < 4.78 is 5.27. The zero-order valence-electron chi connectivity index (χ0n) is 19.4. The Morgan fingerprint density at radius 2 is 1.76 bits per heavy atom. The Morgan fingerprint density at radius 1 is 1.06 bits per heavy atom. The molecule has 0 aliphatic carbocycles. The van der Waals surface area contributed by atoms with E-state index >= 15 is 0 Å². The van der Waals surface area contributed by atoms with Crippen molar-refractivity contribution in [2.24, 2.45) is 0 Å². The first-order chi connectivity index (χ1) is 15.9. The number of aryl methyl sites for hydroxylation is 1. The Balaban J connectivity index is 1.74. The summed E-state index contributed by atoms with van der Waals surface area (Å²) >= 11 is 0. The Hall–Kier alpha value is -3.61. The quantitative estimate of drug-likeness (QED) is 0.549. The molecule has 0 radical (unpaired) electrons. The normalized spacial score (nSPS) is 15.8. The van der Waals surface area contributed by atoms with Crippen molar-refractivity contribution in [2.75, 3.05) is 18.5 Å². The highest BCUT2D eigenvalue weighted by molar-refractivity contribution is 5.95. The molecule has 1 atom stereocenters. The van der Waals surface area contributed by atoms with Gasteiger partial charge in [-0.2, -0.15) is 0 Å². The van der Waals surface area contributed by atoms with Crippen molar-refractivity contribution in [2.45, 2.75) is 46.1 Å². The SMILES string of the molecule is CCCN1C(=O)NC(c2ccc(NC(=O)CCc3ccccc3)cc2)C(C(=O)OCC)=C1C. The zero-order chi connectivity index (χ0) is 23.8. The fourth-order valence-electron chi connectivity index (χ4n) is 3.88. The lowest BCUT2D eigenvalue weighted by Crippen LogP contribution is -2.48. The molecule has 2 aromatic carbocycles. The molecule has 33 heavy (non-hydrogen) atoms. The van der Waals surface area contributed by atoms with E-state index in [1.807, 2.05) is 37.3 Å². The summed E-state index contributed by atoms with van der Waals surface area (Å²) in [6.07, 6.45) is 1.82. The molecule has 0 saturated carbocycles. The van der Waals surface area contributed by atoms with Crippen molar-refractivity contribution < 1.29 is 19.1 Å². The Bertz CT molecular complexity index is 1020. The maximum absolute atomic E-state index is 12.7. The molecule has 1 heterocycles. The summed E-state index contributed by atoms with van der Waals surface area (Å²) in [6.45, 7) is 6.26. The third-order valence-electron chi connectivity index (χ3n) is 5.55. The number of carbonyl (C=O) groups is 3. The summed E-state index contributed by atoms with van der Waals surface area (Å²) in [7, 11) is 0. The molecule has 2 N–H and O–H groups in total. The number of anilines is 1. The van der Waals surface area contributed by atoms with Gasteiger partial charge in [0.25, 0.3) is 0 Å². The molecule has 1 aliphatic rings. The lowest BCUT2D eigenvalue weighted by atomic mass is 9.94. The Morgan fingerprint density at radius 3 is 2.39 bits per heavy atom. The first-order valence-corrected chi connectivity index (χ1v) is 11.3. The van der Waals surface area contributed by atoms with E-state index in [1.54, 1.807) is 43.0 Å². The van der Waals surface area contributed by atoms with Gasteiger partial charge < -0.3 is 15.4 Å². The minimum absolute atomic E-state index is 0.0734. The molecule has 3 rings (SSSR count). The summed E-state index contributed by atoms with van der Waals surface area (Å²) in [6, 6.07) is 16.2. The van der Waals surface area contributed by atoms with Crippen molar-refractivity contribution in [1.29, 1.82) is 0 Å². The molecule has 174 valence electrons. The van der Waals surface area contributed by atoms with Crippen LogP contribution in [0.3, 0.4) is 0 Å². The smallest absolute Gasteiger partial charge is 0.338 e. The number of urea groups is 1. The average Bonchev–Trinajstić information content (AvgIpc) is 2.81. The largest absolute Gasteiger partial charge is 0.463 e. The third kappa shape index (κ3) is 6.00. The van der Waals surface area contributed by atoms with E-state index < -0.39 is 12.0 Å². The molecular weight excluding hydrogens is 418 g/mol. The lowest BCUT2D eigenvalue weighted by molar-refractivity contribution is -0.139. The second-order valence-electron chi connectivity index (χ2n) is 7.91. The van der Waals surface area contributed by atoms with Gasteiger partial charge in [-0.25, -0.2) is 9.59 Å². The number of ether oxygens (including phenoxy) is 1. The highest BCUT2D eigenvalue weighted by atomic mass is 16.5. The maximum Gasteiger partial charge on any atom is 0.338 e. The summed E-state index contributed by atoms with van der Waals surface area (Å²) in [4.78, 5) is 39.3. The van der Waals surface area contributed by atoms with Crippen LogP contribution in [0.2, 0.25) is 0 Å². The number of allylic oxidation sites excluding steroid dienone is 1. The van der Waals surface area contributed by atoms with Crippen molar-refractivity contribution in [1.82, 2.24) is 10.2 Å². The van der Waals surface area contributed by atoms with Crippen LogP contribution in [0.1, 0.15) is 50.8 Å². The Kier molecular flexibility index (Phi) is 8.24. The summed E-state index contributed by atoms with van der Waals surface area (Å²) in [5.41, 5.74) is 3.53. The van der Waals surface area contributed by atoms with Crippen LogP contribution in [-0.4, -0.2) is 36.0 Å². The van der Waals surface area contributed by atoms with Crippen molar-refractivity contribution >= 4 is 23.6 Å². The van der Waals surface area contributed by atoms with E-state index in [0.717, 1.165) is 17.5 Å². The maximum atomic E-state index is 12.7. The van der Waals surface area contributed by atoms with Crippen LogP contribution in [0.15, 0.2) is 65.9 Å². The second kappa shape index (κ2) is 11.3. The predicted molar refractivity (Wildman–Crippen MR) is 127 cm³/mol. The fourth-order valence-corrected chi connectivity index (χ4v) is 3.88. The first-order valence-electron chi connectivity index (χ1n) is 11.3. The number of hydrogen-bond donors (Lipinski definition) is 2. The minimum Gasteiger partial charge on any atom is -0.463 e. The predicted octanol–water partition coefficient (Wildman–Crippen LogP) is 4.57. The molecule has 0 spiro atoms. The molecule has 0 fully saturated rings. The van der Waals surface area contributed by atoms with Gasteiger partial charge in [0.05, 0.1) is 18.2 Å².